The molecule has 0 spiro atoms. The number of amides is 1. The van der Waals surface area contributed by atoms with Gasteiger partial charge >= 0.3 is 5.97 Å². The number of hydrogen-bond donors (Lipinski definition) is 3. The highest BCUT2D eigenvalue weighted by molar-refractivity contribution is 5.76. The van der Waals surface area contributed by atoms with Gasteiger partial charge in [0, 0.05) is 12.8 Å². The Labute approximate surface area is 590 Å². The molecule has 3 N–H and O–H groups in total. The van der Waals surface area contributed by atoms with Crippen molar-refractivity contribution >= 4 is 11.9 Å². The van der Waals surface area contributed by atoms with Crippen LogP contribution in [0.3, 0.4) is 0 Å². The van der Waals surface area contributed by atoms with E-state index in [2.05, 4.69) is 43.5 Å². The maximum atomic E-state index is 12.6. The van der Waals surface area contributed by atoms with Crippen LogP contribution < -0.4 is 5.32 Å². The highest BCUT2D eigenvalue weighted by Gasteiger charge is 2.20. The lowest BCUT2D eigenvalue weighted by Crippen LogP contribution is -2.45. The summed E-state index contributed by atoms with van der Waals surface area (Å²) in [6.45, 7) is 5.02. The van der Waals surface area contributed by atoms with Gasteiger partial charge in [-0.15, -0.1) is 0 Å². The van der Waals surface area contributed by atoms with Crippen LogP contribution >= 0.6 is 0 Å². The molecule has 0 saturated heterocycles. The summed E-state index contributed by atoms with van der Waals surface area (Å²) < 4.78 is 5.52. The van der Waals surface area contributed by atoms with Crippen molar-refractivity contribution in [2.75, 3.05) is 13.2 Å². The molecule has 558 valence electrons. The minimum Gasteiger partial charge on any atom is -0.466 e. The van der Waals surface area contributed by atoms with Crippen LogP contribution in [0.5, 0.6) is 0 Å². The summed E-state index contributed by atoms with van der Waals surface area (Å²) in [7, 11) is 0. The zero-order chi connectivity index (χ0) is 67.7. The molecule has 0 heterocycles. The van der Waals surface area contributed by atoms with Gasteiger partial charge in [-0.3, -0.25) is 9.59 Å². The first kappa shape index (κ1) is 92.3. The summed E-state index contributed by atoms with van der Waals surface area (Å²) in [5, 5.41) is 23.5. The van der Waals surface area contributed by atoms with Crippen LogP contribution in [-0.4, -0.2) is 47.4 Å². The van der Waals surface area contributed by atoms with Crippen molar-refractivity contribution in [1.82, 2.24) is 5.32 Å². The van der Waals surface area contributed by atoms with Crippen molar-refractivity contribution in [3.05, 3.63) is 24.3 Å². The number of esters is 1. The van der Waals surface area contributed by atoms with Gasteiger partial charge in [0.2, 0.25) is 5.91 Å². The second-order valence-electron chi connectivity index (χ2n) is 30.2. The van der Waals surface area contributed by atoms with E-state index >= 15 is 0 Å². The quantitative estimate of drug-likeness (QED) is 0.0320. The van der Waals surface area contributed by atoms with Crippen LogP contribution in [0.15, 0.2) is 24.3 Å². The van der Waals surface area contributed by atoms with Crippen LogP contribution in [0.4, 0.5) is 0 Å². The van der Waals surface area contributed by atoms with E-state index in [1.807, 2.05) is 0 Å². The Morgan fingerprint density at radius 3 is 0.809 bits per heavy atom. The molecular formula is C88H171NO5. The zero-order valence-corrected chi connectivity index (χ0v) is 64.2. The SMILES string of the molecule is CCCCCCCCCCCCCCCCCCCCCCCCCCCC(O)C(CO)NC(=O)CCCCCCCCCCCCCCCCCCC/C=C\C/C=C\CCCCCCCCCCCOC(=O)CCCCCCCCCCCCCCCCCCCCC. The Bertz CT molecular complexity index is 1480. The highest BCUT2D eigenvalue weighted by Crippen LogP contribution is 2.21. The maximum Gasteiger partial charge on any atom is 0.305 e. The van der Waals surface area contributed by atoms with Crippen LogP contribution in [0.25, 0.3) is 0 Å². The number of nitrogens with one attached hydrogen (secondary N) is 1. The van der Waals surface area contributed by atoms with E-state index in [0.717, 1.165) is 44.9 Å². The fraction of sp³-hybridized carbons (Fsp3) is 0.932. The van der Waals surface area contributed by atoms with Gasteiger partial charge in [-0.2, -0.15) is 0 Å². The number of aliphatic hydroxyl groups excluding tert-OH is 2. The number of rotatable bonds is 83. The summed E-state index contributed by atoms with van der Waals surface area (Å²) in [4.78, 5) is 24.7. The summed E-state index contributed by atoms with van der Waals surface area (Å²) in [5.74, 6) is -0.00628. The monoisotopic (exact) mass is 1320 g/mol. The van der Waals surface area contributed by atoms with E-state index in [1.165, 1.54) is 424 Å². The van der Waals surface area contributed by atoms with E-state index in [-0.39, 0.29) is 18.5 Å². The summed E-state index contributed by atoms with van der Waals surface area (Å²) in [6.07, 6.45) is 109. The molecule has 94 heavy (non-hydrogen) atoms. The number of hydrogen-bond acceptors (Lipinski definition) is 5. The summed E-state index contributed by atoms with van der Waals surface area (Å²) >= 11 is 0. The first-order valence-corrected chi connectivity index (χ1v) is 43.6. The number of carbonyl (C=O) groups excluding carboxylic acids is 2. The van der Waals surface area contributed by atoms with Crippen molar-refractivity contribution in [3.63, 3.8) is 0 Å². The number of carbonyl (C=O) groups is 2. The second kappa shape index (κ2) is 83.8. The number of aliphatic hydroxyl groups is 2. The van der Waals surface area contributed by atoms with Gasteiger partial charge in [-0.1, -0.05) is 456 Å². The molecule has 6 heteroatoms. The topological polar surface area (TPSA) is 95.9 Å². The number of allylic oxidation sites excluding steroid dienone is 4. The van der Waals surface area contributed by atoms with Crippen molar-refractivity contribution in [2.45, 2.75) is 514 Å². The summed E-state index contributed by atoms with van der Waals surface area (Å²) in [6, 6.07) is -0.542. The molecule has 0 bridgehead atoms. The van der Waals surface area contributed by atoms with Gasteiger partial charge in [-0.25, -0.2) is 0 Å². The third-order valence-electron chi connectivity index (χ3n) is 20.8. The minimum atomic E-state index is -0.665. The van der Waals surface area contributed by atoms with E-state index in [9.17, 15) is 19.8 Å². The fourth-order valence-electron chi connectivity index (χ4n) is 14.1. The van der Waals surface area contributed by atoms with Gasteiger partial charge in [0.15, 0.2) is 0 Å². The molecule has 2 atom stereocenters. The molecule has 0 aromatic rings. The second-order valence-corrected chi connectivity index (χ2v) is 30.2. The van der Waals surface area contributed by atoms with Gasteiger partial charge in [0.1, 0.15) is 0 Å². The maximum absolute atomic E-state index is 12.6. The highest BCUT2D eigenvalue weighted by atomic mass is 16.5. The van der Waals surface area contributed by atoms with E-state index < -0.39 is 12.1 Å². The van der Waals surface area contributed by atoms with Gasteiger partial charge in [0.25, 0.3) is 0 Å². The summed E-state index contributed by atoms with van der Waals surface area (Å²) in [5.41, 5.74) is 0. The normalized spacial score (nSPS) is 12.5. The molecule has 0 saturated carbocycles. The van der Waals surface area contributed by atoms with Crippen LogP contribution in [0, 0.1) is 0 Å². The first-order valence-electron chi connectivity index (χ1n) is 43.6. The zero-order valence-electron chi connectivity index (χ0n) is 64.2. The van der Waals surface area contributed by atoms with Crippen LogP contribution in [-0.2, 0) is 14.3 Å². The van der Waals surface area contributed by atoms with Gasteiger partial charge in [0.05, 0.1) is 25.4 Å². The largest absolute Gasteiger partial charge is 0.466 e. The van der Waals surface area contributed by atoms with E-state index in [1.54, 1.807) is 0 Å². The lowest BCUT2D eigenvalue weighted by Gasteiger charge is -2.22. The van der Waals surface area contributed by atoms with Crippen molar-refractivity contribution in [3.8, 4) is 0 Å². The average molecular weight is 1320 g/mol. The Kier molecular flexibility index (Phi) is 82.3. The van der Waals surface area contributed by atoms with Crippen molar-refractivity contribution in [2.24, 2.45) is 0 Å². The van der Waals surface area contributed by atoms with Crippen molar-refractivity contribution < 1.29 is 24.5 Å². The Balaban J connectivity index is 3.36. The third-order valence-corrected chi connectivity index (χ3v) is 20.8. The van der Waals surface area contributed by atoms with Gasteiger partial charge in [-0.05, 0) is 57.8 Å². The molecule has 0 aliphatic carbocycles. The molecule has 0 rings (SSSR count). The fourth-order valence-corrected chi connectivity index (χ4v) is 14.1. The number of unbranched alkanes of at least 4 members (excludes halogenated alkanes) is 68. The lowest BCUT2D eigenvalue weighted by atomic mass is 10.0. The first-order chi connectivity index (χ1) is 46.5. The van der Waals surface area contributed by atoms with E-state index in [0.29, 0.717) is 25.9 Å². The van der Waals surface area contributed by atoms with Crippen LogP contribution in [0.2, 0.25) is 0 Å². The van der Waals surface area contributed by atoms with E-state index in [4.69, 9.17) is 4.74 Å². The smallest absolute Gasteiger partial charge is 0.305 e. The van der Waals surface area contributed by atoms with Crippen molar-refractivity contribution in [1.29, 1.82) is 0 Å². The predicted octanol–water partition coefficient (Wildman–Crippen LogP) is 29.2. The molecule has 0 aromatic heterocycles. The molecule has 0 fully saturated rings. The third kappa shape index (κ3) is 79.3. The standard InChI is InChI=1S/C88H171NO5/c1-3-5-7-9-11-13-15-17-19-21-23-24-25-35-38-41-45-48-52-56-60-64-68-72-76-80-86(91)85(84-90)89-87(92)81-77-73-69-65-61-57-53-49-46-42-39-36-33-31-29-27-26-28-30-32-34-37-40-43-47-51-55-59-63-67-71-75-79-83-94-88(93)82-78-74-70-66-62-58-54-50-44-22-20-18-16-14-12-10-8-6-4-2/h30,32,37,40,85-86,90-91H,3-29,31,33-36,38-39,41-84H2,1-2H3,(H,89,92)/b32-30-,40-37-. The average Bonchev–Trinajstić information content (AvgIpc) is 3.66. The molecule has 1 amide bonds. The minimum absolute atomic E-state index is 0.0204. The predicted molar refractivity (Wildman–Crippen MR) is 417 cm³/mol. The molecule has 0 radical (unpaired) electrons. The Hall–Kier alpha value is -1.66. The molecule has 0 aliphatic rings. The molecule has 0 aromatic carbocycles. The van der Waals surface area contributed by atoms with Crippen LogP contribution in [0.1, 0.15) is 502 Å². The molecule has 2 unspecified atom stereocenters. The molecule has 6 nitrogen and oxygen atoms in total. The Morgan fingerprint density at radius 2 is 0.532 bits per heavy atom. The molecular weight excluding hydrogens is 1150 g/mol. The lowest BCUT2D eigenvalue weighted by molar-refractivity contribution is -0.143. The number of ether oxygens (including phenoxy) is 1. The molecule has 0 aliphatic heterocycles. The van der Waals surface area contributed by atoms with Gasteiger partial charge < -0.3 is 20.3 Å². The Morgan fingerprint density at radius 1 is 0.298 bits per heavy atom.